The largest absolute Gasteiger partial charge is 0.449 e. The van der Waals surface area contributed by atoms with E-state index in [1.807, 2.05) is 0 Å². The zero-order valence-electron chi connectivity index (χ0n) is 13.9. The number of carbonyl (C=O) groups excluding carboxylic acids is 2. The van der Waals surface area contributed by atoms with Crippen LogP contribution in [-0.2, 0) is 19.4 Å². The van der Waals surface area contributed by atoms with Gasteiger partial charge in [0.15, 0.2) is 15.9 Å². The smallest absolute Gasteiger partial charge is 0.340 e. The number of benzene rings is 1. The van der Waals surface area contributed by atoms with Gasteiger partial charge < -0.3 is 10.1 Å². The Balaban J connectivity index is 2.05. The summed E-state index contributed by atoms with van der Waals surface area (Å²) in [5.41, 5.74) is 0.333. The van der Waals surface area contributed by atoms with Crippen molar-refractivity contribution < 1.29 is 22.7 Å². The molecule has 0 saturated carbocycles. The molecule has 1 aliphatic rings. The molecule has 0 unspecified atom stereocenters. The number of ether oxygens (including phenoxy) is 1. The van der Waals surface area contributed by atoms with Crippen molar-refractivity contribution >= 4 is 33.5 Å². The Morgan fingerprint density at radius 1 is 1.44 bits per heavy atom. The maximum atomic E-state index is 12.4. The van der Waals surface area contributed by atoms with E-state index in [2.05, 4.69) is 11.9 Å². The molecule has 6 nitrogen and oxygen atoms in total. The second kappa shape index (κ2) is 8.53. The van der Waals surface area contributed by atoms with E-state index in [4.69, 9.17) is 4.74 Å². The van der Waals surface area contributed by atoms with Gasteiger partial charge in [-0.1, -0.05) is 18.2 Å². The topological polar surface area (TPSA) is 89.5 Å². The maximum absolute atomic E-state index is 12.4. The van der Waals surface area contributed by atoms with Crippen molar-refractivity contribution in [3.63, 3.8) is 0 Å². The Labute approximate surface area is 151 Å². The Kier molecular flexibility index (Phi) is 6.66. The SMILES string of the molecule is C=CCNC(=O)[C@@H](C)OC(=O)c1ccccc1S[C@@H]1CCS(=O)(=O)C1. The monoisotopic (exact) mass is 383 g/mol. The first-order chi connectivity index (χ1) is 11.8. The first kappa shape index (κ1) is 19.5. The van der Waals surface area contributed by atoms with E-state index >= 15 is 0 Å². The molecule has 1 saturated heterocycles. The number of thioether (sulfide) groups is 1. The van der Waals surface area contributed by atoms with Gasteiger partial charge in [-0.3, -0.25) is 4.79 Å². The second-order valence-electron chi connectivity index (χ2n) is 5.72. The third kappa shape index (κ3) is 5.61. The predicted molar refractivity (Wildman–Crippen MR) is 97.4 cm³/mol. The normalized spacial score (nSPS) is 19.8. The zero-order chi connectivity index (χ0) is 18.4. The molecule has 1 aromatic carbocycles. The third-order valence-electron chi connectivity index (χ3n) is 3.66. The fourth-order valence-corrected chi connectivity index (χ4v) is 5.98. The van der Waals surface area contributed by atoms with Gasteiger partial charge in [-0.05, 0) is 25.5 Å². The summed E-state index contributed by atoms with van der Waals surface area (Å²) >= 11 is 1.36. The van der Waals surface area contributed by atoms with Crippen LogP contribution in [0, 0.1) is 0 Å². The number of rotatable bonds is 7. The van der Waals surface area contributed by atoms with E-state index in [0.29, 0.717) is 23.4 Å². The molecule has 0 aliphatic carbocycles. The van der Waals surface area contributed by atoms with Gasteiger partial charge in [0.25, 0.3) is 5.91 Å². The van der Waals surface area contributed by atoms with E-state index in [-0.39, 0.29) is 16.8 Å². The Hall–Kier alpha value is -1.80. The number of hydrogen-bond donors (Lipinski definition) is 1. The van der Waals surface area contributed by atoms with Crippen LogP contribution in [0.5, 0.6) is 0 Å². The van der Waals surface area contributed by atoms with Crippen LogP contribution in [0.15, 0.2) is 41.8 Å². The Morgan fingerprint density at radius 3 is 2.80 bits per heavy atom. The molecule has 1 heterocycles. The molecule has 1 aliphatic heterocycles. The first-order valence-electron chi connectivity index (χ1n) is 7.88. The van der Waals surface area contributed by atoms with Crippen molar-refractivity contribution in [3.05, 3.63) is 42.5 Å². The molecule has 0 aromatic heterocycles. The third-order valence-corrected chi connectivity index (χ3v) is 6.99. The van der Waals surface area contributed by atoms with Gasteiger partial charge in [-0.2, -0.15) is 0 Å². The number of nitrogens with one attached hydrogen (secondary N) is 1. The lowest BCUT2D eigenvalue weighted by molar-refractivity contribution is -0.128. The van der Waals surface area contributed by atoms with E-state index in [1.54, 1.807) is 24.3 Å². The van der Waals surface area contributed by atoms with Crippen LogP contribution in [-0.4, -0.2) is 49.7 Å². The molecular weight excluding hydrogens is 362 g/mol. The molecule has 0 spiro atoms. The zero-order valence-corrected chi connectivity index (χ0v) is 15.6. The summed E-state index contributed by atoms with van der Waals surface area (Å²) in [5.74, 6) is -0.718. The highest BCUT2D eigenvalue weighted by Gasteiger charge is 2.30. The van der Waals surface area contributed by atoms with Crippen LogP contribution in [0.3, 0.4) is 0 Å². The first-order valence-corrected chi connectivity index (χ1v) is 10.6. The summed E-state index contributed by atoms with van der Waals surface area (Å²) in [6.45, 7) is 5.29. The van der Waals surface area contributed by atoms with E-state index in [9.17, 15) is 18.0 Å². The van der Waals surface area contributed by atoms with Crippen LogP contribution >= 0.6 is 11.8 Å². The van der Waals surface area contributed by atoms with Gasteiger partial charge in [0.1, 0.15) is 0 Å². The lowest BCUT2D eigenvalue weighted by Crippen LogP contribution is -2.35. The molecule has 0 bridgehead atoms. The molecule has 1 fully saturated rings. The predicted octanol–water partition coefficient (Wildman–Crippen LogP) is 1.81. The fourth-order valence-electron chi connectivity index (χ4n) is 2.37. The average Bonchev–Trinajstić information content (AvgIpc) is 2.91. The molecule has 1 amide bonds. The molecule has 25 heavy (non-hydrogen) atoms. The number of amides is 1. The summed E-state index contributed by atoms with van der Waals surface area (Å²) in [7, 11) is -2.99. The van der Waals surface area contributed by atoms with Crippen molar-refractivity contribution in [2.75, 3.05) is 18.1 Å². The number of esters is 1. The van der Waals surface area contributed by atoms with Crippen molar-refractivity contribution in [1.82, 2.24) is 5.32 Å². The van der Waals surface area contributed by atoms with Crippen LogP contribution in [0.4, 0.5) is 0 Å². The van der Waals surface area contributed by atoms with Gasteiger partial charge in [-0.25, -0.2) is 13.2 Å². The fraction of sp³-hybridized carbons (Fsp3) is 0.412. The highest BCUT2D eigenvalue weighted by molar-refractivity contribution is 8.02. The molecule has 1 N–H and O–H groups in total. The minimum Gasteiger partial charge on any atom is -0.449 e. The Bertz CT molecular complexity index is 760. The molecular formula is C17H21NO5S2. The molecule has 1 aromatic rings. The quantitative estimate of drug-likeness (QED) is 0.571. The molecule has 0 radical (unpaired) electrons. The summed E-state index contributed by atoms with van der Waals surface area (Å²) < 4.78 is 28.4. The summed E-state index contributed by atoms with van der Waals surface area (Å²) in [5, 5.41) is 2.49. The summed E-state index contributed by atoms with van der Waals surface area (Å²) in [6, 6.07) is 6.86. The Morgan fingerprint density at radius 2 is 2.16 bits per heavy atom. The molecule has 8 heteroatoms. The van der Waals surface area contributed by atoms with Crippen LogP contribution < -0.4 is 5.32 Å². The number of hydrogen-bond acceptors (Lipinski definition) is 6. The standard InChI is InChI=1S/C17H21NO5S2/c1-3-9-18-16(19)12(2)23-17(20)14-6-4-5-7-15(14)24-13-8-10-25(21,22)11-13/h3-7,12-13H,1,8-11H2,2H3,(H,18,19)/t12-,13-/m1/s1. The van der Waals surface area contributed by atoms with E-state index in [0.717, 1.165) is 0 Å². The van der Waals surface area contributed by atoms with E-state index in [1.165, 1.54) is 24.8 Å². The summed E-state index contributed by atoms with van der Waals surface area (Å²) in [4.78, 5) is 24.9. The molecule has 136 valence electrons. The van der Waals surface area contributed by atoms with Gasteiger partial charge in [0, 0.05) is 16.7 Å². The van der Waals surface area contributed by atoms with Gasteiger partial charge >= 0.3 is 5.97 Å². The second-order valence-corrected chi connectivity index (χ2v) is 9.29. The van der Waals surface area contributed by atoms with Crippen molar-refractivity contribution in [2.45, 2.75) is 29.6 Å². The van der Waals surface area contributed by atoms with Gasteiger partial charge in [0.2, 0.25) is 0 Å². The minimum atomic E-state index is -2.99. The number of sulfone groups is 1. The number of carbonyl (C=O) groups is 2. The van der Waals surface area contributed by atoms with Crippen molar-refractivity contribution in [3.8, 4) is 0 Å². The molecule has 2 rings (SSSR count). The van der Waals surface area contributed by atoms with Gasteiger partial charge in [-0.15, -0.1) is 18.3 Å². The molecule has 2 atom stereocenters. The van der Waals surface area contributed by atoms with Crippen LogP contribution in [0.2, 0.25) is 0 Å². The highest BCUT2D eigenvalue weighted by Crippen LogP contribution is 2.33. The minimum absolute atomic E-state index is 0.0766. The maximum Gasteiger partial charge on any atom is 0.340 e. The van der Waals surface area contributed by atoms with Crippen LogP contribution in [0.1, 0.15) is 23.7 Å². The lowest BCUT2D eigenvalue weighted by Gasteiger charge is -2.15. The highest BCUT2D eigenvalue weighted by atomic mass is 32.2. The summed E-state index contributed by atoms with van der Waals surface area (Å²) in [6.07, 6.45) is 1.17. The van der Waals surface area contributed by atoms with E-state index < -0.39 is 27.8 Å². The average molecular weight is 383 g/mol. The van der Waals surface area contributed by atoms with Crippen molar-refractivity contribution in [2.24, 2.45) is 0 Å². The van der Waals surface area contributed by atoms with Gasteiger partial charge in [0.05, 0.1) is 17.1 Å². The van der Waals surface area contributed by atoms with Crippen molar-refractivity contribution in [1.29, 1.82) is 0 Å². The van der Waals surface area contributed by atoms with Crippen LogP contribution in [0.25, 0.3) is 0 Å². The lowest BCUT2D eigenvalue weighted by atomic mass is 10.2.